The molecule has 1 amide bonds. The topological polar surface area (TPSA) is 29.1 Å². The number of amides is 1. The third kappa shape index (κ3) is 3.39. The molecule has 2 aromatic carbocycles. The molecule has 0 aromatic heterocycles. The van der Waals surface area contributed by atoms with E-state index in [-0.39, 0.29) is 5.56 Å². The number of nitrogens with one attached hydrogen (secondary N) is 1. The summed E-state index contributed by atoms with van der Waals surface area (Å²) in [5, 5.41) is 2.43. The molecule has 0 fully saturated rings. The summed E-state index contributed by atoms with van der Waals surface area (Å²) in [6, 6.07) is 5.09. The highest BCUT2D eigenvalue weighted by Gasteiger charge is 2.16. The smallest absolute Gasteiger partial charge is 0.254 e. The van der Waals surface area contributed by atoms with Gasteiger partial charge in [0.05, 0.1) is 11.6 Å². The van der Waals surface area contributed by atoms with Crippen molar-refractivity contribution in [3.63, 3.8) is 0 Å². The summed E-state index contributed by atoms with van der Waals surface area (Å²) in [5.41, 5.74) is -0.00407. The summed E-state index contributed by atoms with van der Waals surface area (Å²) >= 11 is 0. The largest absolute Gasteiger partial charge is 0.345 e. The minimum atomic E-state index is -1.04. The van der Waals surface area contributed by atoms with Gasteiger partial charge in [0, 0.05) is 6.07 Å². The zero-order valence-corrected chi connectivity index (χ0v) is 11.0. The zero-order chi connectivity index (χ0) is 15.6. The Balaban J connectivity index is 2.16. The van der Waals surface area contributed by atoms with Crippen LogP contribution in [-0.4, -0.2) is 5.91 Å². The van der Waals surface area contributed by atoms with E-state index in [2.05, 4.69) is 5.32 Å². The molecule has 1 atom stereocenters. The highest BCUT2D eigenvalue weighted by atomic mass is 19.2. The second-order valence-electron chi connectivity index (χ2n) is 4.49. The van der Waals surface area contributed by atoms with Crippen LogP contribution in [0.15, 0.2) is 36.4 Å². The number of hydrogen-bond donors (Lipinski definition) is 1. The molecule has 21 heavy (non-hydrogen) atoms. The summed E-state index contributed by atoms with van der Waals surface area (Å²) in [6.45, 7) is 1.53. The van der Waals surface area contributed by atoms with Crippen LogP contribution in [0.1, 0.15) is 28.9 Å². The lowest BCUT2D eigenvalue weighted by Crippen LogP contribution is -2.27. The van der Waals surface area contributed by atoms with E-state index >= 15 is 0 Å². The van der Waals surface area contributed by atoms with E-state index in [9.17, 15) is 22.4 Å². The minimum Gasteiger partial charge on any atom is -0.345 e. The second kappa shape index (κ2) is 5.95. The molecular formula is C15H11F4NO. The normalized spacial score (nSPS) is 12.0. The number of rotatable bonds is 3. The molecule has 0 heterocycles. The Morgan fingerprint density at radius 2 is 1.67 bits per heavy atom. The Morgan fingerprint density at radius 3 is 2.29 bits per heavy atom. The molecule has 1 N–H and O–H groups in total. The fourth-order valence-electron chi connectivity index (χ4n) is 1.81. The summed E-state index contributed by atoms with van der Waals surface area (Å²) in [5.74, 6) is -4.60. The molecule has 0 saturated heterocycles. The van der Waals surface area contributed by atoms with Crippen LogP contribution in [0.3, 0.4) is 0 Å². The van der Waals surface area contributed by atoms with Crippen molar-refractivity contribution in [3.8, 4) is 0 Å². The molecule has 110 valence electrons. The van der Waals surface area contributed by atoms with Gasteiger partial charge in [-0.15, -0.1) is 0 Å². The predicted molar refractivity (Wildman–Crippen MR) is 68.6 cm³/mol. The van der Waals surface area contributed by atoms with E-state index in [1.165, 1.54) is 13.0 Å². The molecule has 2 aromatic rings. The van der Waals surface area contributed by atoms with Gasteiger partial charge in [-0.25, -0.2) is 17.6 Å². The summed E-state index contributed by atoms with van der Waals surface area (Å²) in [6.07, 6.45) is 0. The average molecular weight is 297 g/mol. The molecule has 0 aliphatic heterocycles. The molecule has 0 radical (unpaired) electrons. The van der Waals surface area contributed by atoms with Crippen molar-refractivity contribution in [1.82, 2.24) is 5.32 Å². The van der Waals surface area contributed by atoms with Crippen LogP contribution >= 0.6 is 0 Å². The van der Waals surface area contributed by atoms with E-state index in [1.807, 2.05) is 0 Å². The van der Waals surface area contributed by atoms with Crippen LogP contribution in [0.25, 0.3) is 0 Å². The zero-order valence-electron chi connectivity index (χ0n) is 11.0. The van der Waals surface area contributed by atoms with Gasteiger partial charge in [-0.05, 0) is 36.8 Å². The third-order valence-electron chi connectivity index (χ3n) is 2.97. The maximum Gasteiger partial charge on any atom is 0.254 e. The first kappa shape index (κ1) is 15.0. The quantitative estimate of drug-likeness (QED) is 0.859. The van der Waals surface area contributed by atoms with Gasteiger partial charge >= 0.3 is 0 Å². The lowest BCUT2D eigenvalue weighted by molar-refractivity contribution is 0.0935. The highest BCUT2D eigenvalue weighted by molar-refractivity contribution is 5.94. The average Bonchev–Trinajstić information content (AvgIpc) is 2.41. The number of carbonyl (C=O) groups is 1. The van der Waals surface area contributed by atoms with Crippen LogP contribution in [0, 0.1) is 23.3 Å². The highest BCUT2D eigenvalue weighted by Crippen LogP contribution is 2.17. The van der Waals surface area contributed by atoms with Crippen LogP contribution in [0.2, 0.25) is 0 Å². The molecule has 0 bridgehead atoms. The van der Waals surface area contributed by atoms with Gasteiger partial charge in [-0.3, -0.25) is 4.79 Å². The lowest BCUT2D eigenvalue weighted by atomic mass is 10.1. The molecule has 2 nitrogen and oxygen atoms in total. The molecule has 2 rings (SSSR count). The molecule has 0 aliphatic carbocycles. The van der Waals surface area contributed by atoms with Crippen LogP contribution in [-0.2, 0) is 0 Å². The van der Waals surface area contributed by atoms with Gasteiger partial charge in [0.25, 0.3) is 5.91 Å². The minimum absolute atomic E-state index is 0.324. The maximum absolute atomic E-state index is 13.5. The molecule has 0 unspecified atom stereocenters. The Labute approximate surface area is 118 Å². The van der Waals surface area contributed by atoms with Crippen molar-refractivity contribution in [2.75, 3.05) is 0 Å². The van der Waals surface area contributed by atoms with E-state index in [0.29, 0.717) is 11.6 Å². The fourth-order valence-corrected chi connectivity index (χ4v) is 1.81. The lowest BCUT2D eigenvalue weighted by Gasteiger charge is -2.15. The first-order valence-corrected chi connectivity index (χ1v) is 6.09. The molecular weight excluding hydrogens is 286 g/mol. The van der Waals surface area contributed by atoms with Crippen molar-refractivity contribution >= 4 is 5.91 Å². The van der Waals surface area contributed by atoms with Gasteiger partial charge in [0.15, 0.2) is 11.6 Å². The number of halogens is 4. The van der Waals surface area contributed by atoms with Crippen molar-refractivity contribution in [2.24, 2.45) is 0 Å². The van der Waals surface area contributed by atoms with Crippen molar-refractivity contribution in [2.45, 2.75) is 13.0 Å². The number of benzene rings is 2. The van der Waals surface area contributed by atoms with E-state index in [1.54, 1.807) is 0 Å². The van der Waals surface area contributed by atoms with Crippen molar-refractivity contribution in [3.05, 3.63) is 70.8 Å². The van der Waals surface area contributed by atoms with Crippen LogP contribution in [0.5, 0.6) is 0 Å². The van der Waals surface area contributed by atoms with E-state index < -0.39 is 35.2 Å². The Kier molecular flexibility index (Phi) is 4.26. The third-order valence-corrected chi connectivity index (χ3v) is 2.97. The van der Waals surface area contributed by atoms with Crippen LogP contribution < -0.4 is 5.32 Å². The van der Waals surface area contributed by atoms with E-state index in [0.717, 1.165) is 24.3 Å². The Morgan fingerprint density at radius 1 is 0.952 bits per heavy atom. The first-order chi connectivity index (χ1) is 9.88. The Bertz CT molecular complexity index is 687. The van der Waals surface area contributed by atoms with Crippen LogP contribution in [0.4, 0.5) is 17.6 Å². The standard InChI is InChI=1S/C15H11F4NO/c1-8(9-2-5-12(17)14(19)6-9)20-15(21)11-4-3-10(16)7-13(11)18/h2-8H,1H3,(H,20,21)/t8-/m1/s1. The fraction of sp³-hybridized carbons (Fsp3) is 0.133. The first-order valence-electron chi connectivity index (χ1n) is 6.09. The van der Waals surface area contributed by atoms with Crippen molar-refractivity contribution in [1.29, 1.82) is 0 Å². The maximum atomic E-state index is 13.5. The predicted octanol–water partition coefficient (Wildman–Crippen LogP) is 3.73. The van der Waals surface area contributed by atoms with Gasteiger partial charge in [-0.2, -0.15) is 0 Å². The number of carbonyl (C=O) groups excluding carboxylic acids is 1. The SMILES string of the molecule is C[C@@H](NC(=O)c1ccc(F)cc1F)c1ccc(F)c(F)c1. The monoisotopic (exact) mass is 297 g/mol. The number of hydrogen-bond acceptors (Lipinski definition) is 1. The van der Waals surface area contributed by atoms with Crippen molar-refractivity contribution < 1.29 is 22.4 Å². The van der Waals surface area contributed by atoms with Gasteiger partial charge in [0.1, 0.15) is 11.6 Å². The van der Waals surface area contributed by atoms with E-state index in [4.69, 9.17) is 0 Å². The summed E-state index contributed by atoms with van der Waals surface area (Å²) in [4.78, 5) is 11.9. The Hall–Kier alpha value is -2.37. The molecule has 0 spiro atoms. The summed E-state index contributed by atoms with van der Waals surface area (Å²) < 4.78 is 52.2. The van der Waals surface area contributed by atoms with Gasteiger partial charge in [-0.1, -0.05) is 6.07 Å². The summed E-state index contributed by atoms with van der Waals surface area (Å²) in [7, 11) is 0. The molecule has 0 saturated carbocycles. The van der Waals surface area contributed by atoms with Gasteiger partial charge < -0.3 is 5.32 Å². The van der Waals surface area contributed by atoms with Gasteiger partial charge in [0.2, 0.25) is 0 Å². The second-order valence-corrected chi connectivity index (χ2v) is 4.49. The molecule has 6 heteroatoms. The molecule has 0 aliphatic rings.